The molecule has 20 heavy (non-hydrogen) atoms. The Balaban J connectivity index is 2.63. The maximum atomic E-state index is 14.3. The predicted octanol–water partition coefficient (Wildman–Crippen LogP) is 3.07. The van der Waals surface area contributed by atoms with E-state index in [1.54, 1.807) is 6.07 Å². The molecule has 0 amide bonds. The number of aromatic nitrogens is 2. The van der Waals surface area contributed by atoms with Crippen LogP contribution in [0.3, 0.4) is 0 Å². The standard InChI is InChI=1S/C16H22FN3/c1-5-14-16(15(6-2)20(4)19-14)12-9-11(10-18-3)7-8-13(12)17/h7-9,18H,5-6,10H2,1-4H3. The minimum absolute atomic E-state index is 0.178. The van der Waals surface area contributed by atoms with Crippen LogP contribution in [0.5, 0.6) is 0 Å². The Bertz CT molecular complexity index is 602. The fourth-order valence-corrected chi connectivity index (χ4v) is 2.66. The van der Waals surface area contributed by atoms with Gasteiger partial charge in [0.05, 0.1) is 5.69 Å². The minimum Gasteiger partial charge on any atom is -0.316 e. The number of halogens is 1. The van der Waals surface area contributed by atoms with E-state index in [0.29, 0.717) is 5.56 Å². The molecule has 0 atom stereocenters. The van der Waals surface area contributed by atoms with Gasteiger partial charge in [-0.25, -0.2) is 4.39 Å². The highest BCUT2D eigenvalue weighted by Crippen LogP contribution is 2.31. The Morgan fingerprint density at radius 3 is 2.60 bits per heavy atom. The lowest BCUT2D eigenvalue weighted by atomic mass is 9.98. The van der Waals surface area contributed by atoms with Gasteiger partial charge in [-0.15, -0.1) is 0 Å². The van der Waals surface area contributed by atoms with Gasteiger partial charge in [0.1, 0.15) is 5.82 Å². The Morgan fingerprint density at radius 1 is 1.25 bits per heavy atom. The summed E-state index contributed by atoms with van der Waals surface area (Å²) in [5.74, 6) is -0.178. The first-order chi connectivity index (χ1) is 9.62. The lowest BCUT2D eigenvalue weighted by molar-refractivity contribution is 0.629. The molecule has 1 aromatic heterocycles. The molecular formula is C16H22FN3. The number of aryl methyl sites for hydroxylation is 2. The van der Waals surface area contributed by atoms with Gasteiger partial charge < -0.3 is 5.32 Å². The van der Waals surface area contributed by atoms with E-state index in [1.165, 1.54) is 0 Å². The van der Waals surface area contributed by atoms with E-state index in [0.717, 1.165) is 41.9 Å². The van der Waals surface area contributed by atoms with E-state index in [-0.39, 0.29) is 5.82 Å². The van der Waals surface area contributed by atoms with Crippen molar-refractivity contribution in [1.29, 1.82) is 0 Å². The van der Waals surface area contributed by atoms with Gasteiger partial charge in [-0.3, -0.25) is 4.68 Å². The summed E-state index contributed by atoms with van der Waals surface area (Å²) in [4.78, 5) is 0. The van der Waals surface area contributed by atoms with Gasteiger partial charge >= 0.3 is 0 Å². The van der Waals surface area contributed by atoms with Crippen LogP contribution in [0.1, 0.15) is 30.8 Å². The summed E-state index contributed by atoms with van der Waals surface area (Å²) >= 11 is 0. The van der Waals surface area contributed by atoms with Crippen LogP contribution >= 0.6 is 0 Å². The molecule has 1 N–H and O–H groups in total. The average Bonchev–Trinajstić information content (AvgIpc) is 2.77. The first-order valence-corrected chi connectivity index (χ1v) is 7.10. The summed E-state index contributed by atoms with van der Waals surface area (Å²) in [5, 5.41) is 7.63. The van der Waals surface area contributed by atoms with Crippen LogP contribution in [0.2, 0.25) is 0 Å². The van der Waals surface area contributed by atoms with Crippen molar-refractivity contribution in [3.8, 4) is 11.1 Å². The van der Waals surface area contributed by atoms with Gasteiger partial charge in [0.15, 0.2) is 0 Å². The van der Waals surface area contributed by atoms with Crippen LogP contribution in [-0.4, -0.2) is 16.8 Å². The Labute approximate surface area is 119 Å². The normalized spacial score (nSPS) is 11.1. The molecule has 2 aromatic rings. The van der Waals surface area contributed by atoms with Crippen molar-refractivity contribution in [2.75, 3.05) is 7.05 Å². The molecule has 0 bridgehead atoms. The summed E-state index contributed by atoms with van der Waals surface area (Å²) < 4.78 is 16.2. The molecule has 3 nitrogen and oxygen atoms in total. The third-order valence-electron chi connectivity index (χ3n) is 3.59. The van der Waals surface area contributed by atoms with E-state index >= 15 is 0 Å². The lowest BCUT2D eigenvalue weighted by Crippen LogP contribution is -2.05. The molecule has 0 fully saturated rings. The molecule has 0 aliphatic carbocycles. The van der Waals surface area contributed by atoms with Gasteiger partial charge in [0.2, 0.25) is 0 Å². The second-order valence-corrected chi connectivity index (χ2v) is 4.94. The highest BCUT2D eigenvalue weighted by atomic mass is 19.1. The van der Waals surface area contributed by atoms with E-state index in [4.69, 9.17) is 0 Å². The maximum absolute atomic E-state index is 14.3. The highest BCUT2D eigenvalue weighted by molar-refractivity contribution is 5.70. The second-order valence-electron chi connectivity index (χ2n) is 4.94. The minimum atomic E-state index is -0.178. The first-order valence-electron chi connectivity index (χ1n) is 7.10. The molecule has 0 aliphatic rings. The van der Waals surface area contributed by atoms with Gasteiger partial charge in [-0.1, -0.05) is 19.9 Å². The van der Waals surface area contributed by atoms with Crippen molar-refractivity contribution >= 4 is 0 Å². The fourth-order valence-electron chi connectivity index (χ4n) is 2.66. The molecule has 1 aromatic carbocycles. The zero-order valence-electron chi connectivity index (χ0n) is 12.6. The number of nitrogens with zero attached hydrogens (tertiary/aromatic N) is 2. The topological polar surface area (TPSA) is 29.9 Å². The number of hydrogen-bond donors (Lipinski definition) is 1. The van der Waals surface area contributed by atoms with Crippen LogP contribution in [0.15, 0.2) is 18.2 Å². The number of nitrogens with one attached hydrogen (secondary N) is 1. The third-order valence-corrected chi connectivity index (χ3v) is 3.59. The number of rotatable bonds is 5. The van der Waals surface area contributed by atoms with E-state index in [2.05, 4.69) is 24.3 Å². The molecule has 0 saturated heterocycles. The summed E-state index contributed by atoms with van der Waals surface area (Å²) in [6.45, 7) is 4.87. The predicted molar refractivity (Wildman–Crippen MR) is 80.1 cm³/mol. The van der Waals surface area contributed by atoms with Crippen molar-refractivity contribution in [2.45, 2.75) is 33.2 Å². The highest BCUT2D eigenvalue weighted by Gasteiger charge is 2.18. The van der Waals surface area contributed by atoms with Gasteiger partial charge in [0.25, 0.3) is 0 Å². The first kappa shape index (κ1) is 14.7. The zero-order valence-corrected chi connectivity index (χ0v) is 12.6. The lowest BCUT2D eigenvalue weighted by Gasteiger charge is -2.09. The van der Waals surface area contributed by atoms with Gasteiger partial charge in [0, 0.05) is 30.4 Å². The van der Waals surface area contributed by atoms with Crippen LogP contribution in [-0.2, 0) is 26.4 Å². The van der Waals surface area contributed by atoms with Crippen LogP contribution in [0.25, 0.3) is 11.1 Å². The Morgan fingerprint density at radius 2 is 2.00 bits per heavy atom. The molecule has 0 radical (unpaired) electrons. The Kier molecular flexibility index (Phi) is 4.55. The maximum Gasteiger partial charge on any atom is 0.131 e. The number of benzene rings is 1. The quantitative estimate of drug-likeness (QED) is 0.909. The molecule has 1 heterocycles. The molecule has 0 spiro atoms. The van der Waals surface area contributed by atoms with Crippen molar-refractivity contribution in [2.24, 2.45) is 7.05 Å². The monoisotopic (exact) mass is 275 g/mol. The second kappa shape index (κ2) is 6.18. The van der Waals surface area contributed by atoms with Crippen molar-refractivity contribution in [3.63, 3.8) is 0 Å². The average molecular weight is 275 g/mol. The van der Waals surface area contributed by atoms with Crippen molar-refractivity contribution < 1.29 is 4.39 Å². The molecule has 2 rings (SSSR count). The summed E-state index contributed by atoms with van der Waals surface area (Å²) in [6.07, 6.45) is 1.65. The van der Waals surface area contributed by atoms with E-state index < -0.39 is 0 Å². The molecular weight excluding hydrogens is 253 g/mol. The van der Waals surface area contributed by atoms with Crippen molar-refractivity contribution in [1.82, 2.24) is 15.1 Å². The van der Waals surface area contributed by atoms with Crippen LogP contribution in [0, 0.1) is 5.82 Å². The summed E-state index contributed by atoms with van der Waals surface area (Å²) in [5.41, 5.74) is 4.76. The molecule has 0 aliphatic heterocycles. The van der Waals surface area contributed by atoms with E-state index in [9.17, 15) is 4.39 Å². The molecule has 0 saturated carbocycles. The fraction of sp³-hybridized carbons (Fsp3) is 0.438. The third kappa shape index (κ3) is 2.61. The molecule has 108 valence electrons. The van der Waals surface area contributed by atoms with Crippen molar-refractivity contribution in [3.05, 3.63) is 41.0 Å². The SMILES string of the molecule is CCc1nn(C)c(CC)c1-c1cc(CNC)ccc1F. The van der Waals surface area contributed by atoms with Gasteiger partial charge in [-0.2, -0.15) is 5.10 Å². The smallest absolute Gasteiger partial charge is 0.131 e. The van der Waals surface area contributed by atoms with E-state index in [1.807, 2.05) is 30.9 Å². The summed E-state index contributed by atoms with van der Waals surface area (Å²) in [7, 11) is 3.82. The van der Waals surface area contributed by atoms with Crippen LogP contribution < -0.4 is 5.32 Å². The van der Waals surface area contributed by atoms with Gasteiger partial charge in [-0.05, 0) is 37.6 Å². The Hall–Kier alpha value is -1.68. The molecule has 0 unspecified atom stereocenters. The summed E-state index contributed by atoms with van der Waals surface area (Å²) in [6, 6.07) is 5.30. The largest absolute Gasteiger partial charge is 0.316 e. The number of hydrogen-bond acceptors (Lipinski definition) is 2. The van der Waals surface area contributed by atoms with Crippen LogP contribution in [0.4, 0.5) is 4.39 Å². The molecule has 4 heteroatoms. The zero-order chi connectivity index (χ0) is 14.7.